The minimum Gasteiger partial charge on any atom is -0.493 e. The Labute approximate surface area is 147 Å². The first-order valence-electron chi connectivity index (χ1n) is 8.39. The molecule has 25 heavy (non-hydrogen) atoms. The summed E-state index contributed by atoms with van der Waals surface area (Å²) in [6, 6.07) is 7.19. The number of methoxy groups -OCH3 is 1. The molecule has 1 aromatic heterocycles. The maximum absolute atomic E-state index is 12.0. The van der Waals surface area contributed by atoms with Gasteiger partial charge in [-0.1, -0.05) is 12.1 Å². The maximum Gasteiger partial charge on any atom is 0.262 e. The van der Waals surface area contributed by atoms with Crippen molar-refractivity contribution in [2.45, 2.75) is 19.3 Å². The lowest BCUT2D eigenvalue weighted by molar-refractivity contribution is -0.118. The van der Waals surface area contributed by atoms with Crippen LogP contribution < -0.4 is 19.7 Å². The fraction of sp³-hybridized carbons (Fsp3) is 0.389. The first-order chi connectivity index (χ1) is 12.3. The van der Waals surface area contributed by atoms with Crippen LogP contribution in [0.15, 0.2) is 36.7 Å². The van der Waals surface area contributed by atoms with E-state index in [1.165, 1.54) is 19.3 Å². The lowest BCUT2D eigenvalue weighted by atomic mass is 10.1. The quantitative estimate of drug-likeness (QED) is 0.869. The van der Waals surface area contributed by atoms with Crippen molar-refractivity contribution in [3.8, 4) is 11.5 Å². The van der Waals surface area contributed by atoms with E-state index in [0.717, 1.165) is 13.1 Å². The van der Waals surface area contributed by atoms with Gasteiger partial charge >= 0.3 is 0 Å². The summed E-state index contributed by atoms with van der Waals surface area (Å²) in [5.41, 5.74) is 0.550. The van der Waals surface area contributed by atoms with Crippen molar-refractivity contribution >= 4 is 17.5 Å². The van der Waals surface area contributed by atoms with E-state index in [-0.39, 0.29) is 12.5 Å². The zero-order valence-corrected chi connectivity index (χ0v) is 14.3. The number of carbonyl (C=O) groups is 1. The van der Waals surface area contributed by atoms with Crippen LogP contribution in [0, 0.1) is 0 Å². The molecule has 0 bridgehead atoms. The number of amides is 1. The number of hydrogen-bond donors (Lipinski definition) is 1. The highest BCUT2D eigenvalue weighted by atomic mass is 16.5. The van der Waals surface area contributed by atoms with Gasteiger partial charge in [0.15, 0.2) is 18.1 Å². The van der Waals surface area contributed by atoms with Gasteiger partial charge in [0.2, 0.25) is 5.95 Å². The molecule has 0 atom stereocenters. The second kappa shape index (κ2) is 8.32. The molecule has 2 heterocycles. The highest BCUT2D eigenvalue weighted by Crippen LogP contribution is 2.25. The summed E-state index contributed by atoms with van der Waals surface area (Å²) < 4.78 is 10.7. The van der Waals surface area contributed by atoms with Crippen LogP contribution in [-0.4, -0.2) is 42.7 Å². The third-order valence-electron chi connectivity index (χ3n) is 3.99. The maximum atomic E-state index is 12.0. The summed E-state index contributed by atoms with van der Waals surface area (Å²) >= 11 is 0. The number of aromatic nitrogens is 2. The summed E-state index contributed by atoms with van der Waals surface area (Å²) in [5, 5.41) is 2.73. The summed E-state index contributed by atoms with van der Waals surface area (Å²) in [4.78, 5) is 22.9. The summed E-state index contributed by atoms with van der Waals surface area (Å²) in [6.07, 6.45) is 6.84. The Morgan fingerprint density at radius 3 is 2.48 bits per heavy atom. The number of nitrogens with one attached hydrogen (secondary N) is 1. The van der Waals surface area contributed by atoms with Gasteiger partial charge < -0.3 is 19.7 Å². The molecule has 1 aromatic carbocycles. The smallest absolute Gasteiger partial charge is 0.262 e. The van der Waals surface area contributed by atoms with Crippen molar-refractivity contribution in [2.75, 3.05) is 37.0 Å². The van der Waals surface area contributed by atoms with Gasteiger partial charge in [0.1, 0.15) is 0 Å². The van der Waals surface area contributed by atoms with Crippen molar-refractivity contribution < 1.29 is 14.3 Å². The second-order valence-corrected chi connectivity index (χ2v) is 5.81. The van der Waals surface area contributed by atoms with Gasteiger partial charge in [-0.05, 0) is 31.4 Å². The Kier molecular flexibility index (Phi) is 5.66. The zero-order valence-electron chi connectivity index (χ0n) is 14.3. The Morgan fingerprint density at radius 2 is 1.80 bits per heavy atom. The van der Waals surface area contributed by atoms with Crippen LogP contribution in [0.5, 0.6) is 11.5 Å². The van der Waals surface area contributed by atoms with E-state index < -0.39 is 0 Å². The molecule has 7 heteroatoms. The predicted molar refractivity (Wildman–Crippen MR) is 95.2 cm³/mol. The van der Waals surface area contributed by atoms with E-state index in [9.17, 15) is 4.79 Å². The normalized spacial score (nSPS) is 14.0. The van der Waals surface area contributed by atoms with Crippen molar-refractivity contribution in [1.29, 1.82) is 0 Å². The Hall–Kier alpha value is -2.83. The molecule has 7 nitrogen and oxygen atoms in total. The van der Waals surface area contributed by atoms with E-state index in [0.29, 0.717) is 23.1 Å². The van der Waals surface area contributed by atoms with Crippen molar-refractivity contribution in [3.63, 3.8) is 0 Å². The number of nitrogens with zero attached hydrogens (tertiary/aromatic N) is 3. The molecule has 1 fully saturated rings. The summed E-state index contributed by atoms with van der Waals surface area (Å²) in [7, 11) is 1.56. The molecule has 1 N–H and O–H groups in total. The molecule has 0 aliphatic carbocycles. The minimum absolute atomic E-state index is 0.117. The van der Waals surface area contributed by atoms with Gasteiger partial charge in [-0.2, -0.15) is 0 Å². The van der Waals surface area contributed by atoms with Crippen LogP contribution in [0.25, 0.3) is 0 Å². The third kappa shape index (κ3) is 4.59. The average molecular weight is 342 g/mol. The number of benzene rings is 1. The van der Waals surface area contributed by atoms with Crippen LogP contribution in [0.1, 0.15) is 19.3 Å². The lowest BCUT2D eigenvalue weighted by Gasteiger charge is -2.26. The molecule has 0 unspecified atom stereocenters. The van der Waals surface area contributed by atoms with Crippen LogP contribution >= 0.6 is 0 Å². The van der Waals surface area contributed by atoms with Crippen LogP contribution in [-0.2, 0) is 4.79 Å². The van der Waals surface area contributed by atoms with Gasteiger partial charge in [0, 0.05) is 13.1 Å². The molecule has 3 rings (SSSR count). The van der Waals surface area contributed by atoms with Gasteiger partial charge in [0.25, 0.3) is 5.91 Å². The number of anilines is 2. The third-order valence-corrected chi connectivity index (χ3v) is 3.99. The predicted octanol–water partition coefficient (Wildman–Crippen LogP) is 2.49. The Morgan fingerprint density at radius 1 is 1.12 bits per heavy atom. The average Bonchev–Trinajstić information content (AvgIpc) is 2.68. The van der Waals surface area contributed by atoms with Gasteiger partial charge in [0.05, 0.1) is 25.2 Å². The van der Waals surface area contributed by atoms with Crippen molar-refractivity contribution in [1.82, 2.24) is 9.97 Å². The lowest BCUT2D eigenvalue weighted by Crippen LogP contribution is -2.31. The molecule has 1 amide bonds. The van der Waals surface area contributed by atoms with Gasteiger partial charge in [-0.25, -0.2) is 9.97 Å². The summed E-state index contributed by atoms with van der Waals surface area (Å²) in [6.45, 7) is 1.85. The number of piperidine rings is 1. The fourth-order valence-corrected chi connectivity index (χ4v) is 2.72. The highest BCUT2D eigenvalue weighted by Gasteiger charge is 2.13. The van der Waals surface area contributed by atoms with Crippen molar-refractivity contribution in [2.24, 2.45) is 0 Å². The number of carbonyl (C=O) groups excluding carboxylic acids is 1. The minimum atomic E-state index is -0.278. The molecule has 132 valence electrons. The van der Waals surface area contributed by atoms with Crippen LogP contribution in [0.2, 0.25) is 0 Å². The molecule has 0 radical (unpaired) electrons. The molecule has 1 aliphatic heterocycles. The number of ether oxygens (including phenoxy) is 2. The molecule has 2 aromatic rings. The zero-order chi connectivity index (χ0) is 17.5. The van der Waals surface area contributed by atoms with E-state index >= 15 is 0 Å². The van der Waals surface area contributed by atoms with E-state index in [1.54, 1.807) is 31.6 Å². The van der Waals surface area contributed by atoms with Gasteiger partial charge in [-0.15, -0.1) is 0 Å². The number of hydrogen-bond acceptors (Lipinski definition) is 6. The SMILES string of the molecule is COc1ccccc1OCC(=O)Nc1cnc(N2CCCCC2)nc1. The molecule has 1 aliphatic rings. The Balaban J connectivity index is 1.52. The second-order valence-electron chi connectivity index (χ2n) is 5.81. The van der Waals surface area contributed by atoms with E-state index in [4.69, 9.17) is 9.47 Å². The standard InChI is InChI=1S/C18H22N4O3/c1-24-15-7-3-4-8-16(15)25-13-17(23)21-14-11-19-18(20-12-14)22-9-5-2-6-10-22/h3-4,7-8,11-12H,2,5-6,9-10,13H2,1H3,(H,21,23). The number of rotatable bonds is 6. The van der Waals surface area contributed by atoms with Gasteiger partial charge in [-0.3, -0.25) is 4.79 Å². The molecule has 1 saturated heterocycles. The monoisotopic (exact) mass is 342 g/mol. The van der Waals surface area contributed by atoms with E-state index in [2.05, 4.69) is 20.2 Å². The van der Waals surface area contributed by atoms with Crippen LogP contribution in [0.4, 0.5) is 11.6 Å². The largest absolute Gasteiger partial charge is 0.493 e. The number of para-hydroxylation sites is 2. The molecule has 0 saturated carbocycles. The topological polar surface area (TPSA) is 76.6 Å². The van der Waals surface area contributed by atoms with E-state index in [1.807, 2.05) is 12.1 Å². The first kappa shape index (κ1) is 17.0. The van der Waals surface area contributed by atoms with Crippen LogP contribution in [0.3, 0.4) is 0 Å². The molecular weight excluding hydrogens is 320 g/mol. The Bertz CT molecular complexity index is 700. The molecule has 0 spiro atoms. The first-order valence-corrected chi connectivity index (χ1v) is 8.39. The van der Waals surface area contributed by atoms with Crippen molar-refractivity contribution in [3.05, 3.63) is 36.7 Å². The fourth-order valence-electron chi connectivity index (χ4n) is 2.72. The highest BCUT2D eigenvalue weighted by molar-refractivity contribution is 5.91. The molecular formula is C18H22N4O3. The summed E-state index contributed by atoms with van der Waals surface area (Å²) in [5.74, 6) is 1.55.